The number of hydrogen-bond donors (Lipinski definition) is 1. The molecule has 0 amide bonds. The summed E-state index contributed by atoms with van der Waals surface area (Å²) < 4.78 is 0. The third-order valence-corrected chi connectivity index (χ3v) is 1.79. The molecule has 1 heterocycles. The monoisotopic (exact) mass is 202 g/mol. The third-order valence-electron chi connectivity index (χ3n) is 1.61. The highest BCUT2D eigenvalue weighted by molar-refractivity contribution is 6.29. The highest BCUT2D eigenvalue weighted by atomic mass is 35.5. The molecule has 0 aliphatic carbocycles. The lowest BCUT2D eigenvalue weighted by molar-refractivity contribution is 1.34. The molecule has 0 unspecified atom stereocenters. The van der Waals surface area contributed by atoms with Crippen molar-refractivity contribution in [1.82, 2.24) is 9.97 Å². The maximum Gasteiger partial charge on any atom is 0.201 e. The van der Waals surface area contributed by atoms with Crippen LogP contribution < -0.4 is 0 Å². The van der Waals surface area contributed by atoms with Crippen molar-refractivity contribution in [3.8, 4) is 0 Å². The third kappa shape index (κ3) is 1.54. The molecule has 4 heteroatoms. The summed E-state index contributed by atoms with van der Waals surface area (Å²) in [5.74, 6) is 0. The quantitative estimate of drug-likeness (QED) is 0.700. The average molecular weight is 203 g/mol. The van der Waals surface area contributed by atoms with Crippen molar-refractivity contribution in [3.63, 3.8) is 0 Å². The number of aromatic nitrogens is 2. The maximum atomic E-state index is 5.67. The predicted octanol–water partition coefficient (Wildman–Crippen LogP) is 2.95. The van der Waals surface area contributed by atoms with E-state index in [0.29, 0.717) is 5.28 Å². The molecule has 2 aromatic rings. The van der Waals surface area contributed by atoms with Gasteiger partial charge in [0.2, 0.25) is 5.28 Å². The zero-order valence-corrected chi connectivity index (χ0v) is 8.04. The van der Waals surface area contributed by atoms with Gasteiger partial charge >= 0.3 is 0 Å². The minimum Gasteiger partial charge on any atom is -0.329 e. The van der Waals surface area contributed by atoms with Gasteiger partial charge in [0.05, 0.1) is 11.0 Å². The van der Waals surface area contributed by atoms with Crippen LogP contribution in [-0.2, 0) is 0 Å². The summed E-state index contributed by atoms with van der Waals surface area (Å²) in [6.45, 7) is 2.04. The Morgan fingerprint density at radius 3 is 2.92 bits per heavy atom. The van der Waals surface area contributed by atoms with Crippen LogP contribution in [0.15, 0.2) is 18.2 Å². The Bertz CT molecular complexity index is 395. The fraction of sp³-hybridized carbons (Fsp3) is 0.125. The van der Waals surface area contributed by atoms with Gasteiger partial charge in [0.25, 0.3) is 0 Å². The van der Waals surface area contributed by atoms with Crippen LogP contribution in [-0.4, -0.2) is 9.97 Å². The van der Waals surface area contributed by atoms with E-state index >= 15 is 0 Å². The SMILES string of the molecule is Cc1ccc2nc(Cl)[nH]c2c1.Cl. The number of rotatable bonds is 0. The number of fused-ring (bicyclic) bond motifs is 1. The molecule has 0 atom stereocenters. The van der Waals surface area contributed by atoms with Crippen molar-refractivity contribution in [2.45, 2.75) is 6.92 Å². The smallest absolute Gasteiger partial charge is 0.201 e. The van der Waals surface area contributed by atoms with Gasteiger partial charge in [0.1, 0.15) is 0 Å². The largest absolute Gasteiger partial charge is 0.329 e. The molecule has 0 spiro atoms. The molecule has 1 aromatic heterocycles. The van der Waals surface area contributed by atoms with Crippen molar-refractivity contribution in [1.29, 1.82) is 0 Å². The van der Waals surface area contributed by atoms with E-state index in [1.807, 2.05) is 25.1 Å². The minimum atomic E-state index is 0. The van der Waals surface area contributed by atoms with Gasteiger partial charge in [-0.1, -0.05) is 6.07 Å². The van der Waals surface area contributed by atoms with Crippen molar-refractivity contribution in [3.05, 3.63) is 29.0 Å². The second-order valence-electron chi connectivity index (χ2n) is 2.55. The Hall–Kier alpha value is -0.730. The normalized spacial score (nSPS) is 9.83. The fourth-order valence-corrected chi connectivity index (χ4v) is 1.29. The number of aryl methyl sites for hydroxylation is 1. The van der Waals surface area contributed by atoms with Gasteiger partial charge in [-0.2, -0.15) is 0 Å². The first-order chi connectivity index (χ1) is 5.25. The summed E-state index contributed by atoms with van der Waals surface area (Å²) in [5, 5.41) is 0.450. The molecule has 64 valence electrons. The number of H-pyrrole nitrogens is 1. The number of imidazole rings is 1. The Labute approximate surface area is 81.4 Å². The number of halogens is 2. The van der Waals surface area contributed by atoms with E-state index < -0.39 is 0 Å². The van der Waals surface area contributed by atoms with E-state index in [-0.39, 0.29) is 12.4 Å². The van der Waals surface area contributed by atoms with E-state index in [1.54, 1.807) is 0 Å². The lowest BCUT2D eigenvalue weighted by Gasteiger charge is -1.89. The van der Waals surface area contributed by atoms with Gasteiger partial charge in [-0.3, -0.25) is 0 Å². The molecule has 0 saturated heterocycles. The van der Waals surface area contributed by atoms with Crippen LogP contribution in [0.1, 0.15) is 5.56 Å². The number of nitrogens with one attached hydrogen (secondary N) is 1. The standard InChI is InChI=1S/C8H7ClN2.ClH/c1-5-2-3-6-7(4-5)11-8(9)10-6;/h2-4H,1H3,(H,10,11);1H. The second kappa shape index (κ2) is 3.33. The predicted molar refractivity (Wildman–Crippen MR) is 53.1 cm³/mol. The first-order valence-electron chi connectivity index (χ1n) is 3.37. The topological polar surface area (TPSA) is 28.7 Å². The van der Waals surface area contributed by atoms with Gasteiger partial charge in [0.15, 0.2) is 0 Å². The maximum absolute atomic E-state index is 5.67. The molecule has 2 nitrogen and oxygen atoms in total. The molecular weight excluding hydrogens is 195 g/mol. The van der Waals surface area contributed by atoms with Crippen molar-refractivity contribution < 1.29 is 0 Å². The Balaban J connectivity index is 0.000000720. The first kappa shape index (κ1) is 9.36. The Morgan fingerprint density at radius 1 is 1.42 bits per heavy atom. The highest BCUT2D eigenvalue weighted by Crippen LogP contribution is 2.15. The van der Waals surface area contributed by atoms with E-state index in [1.165, 1.54) is 5.56 Å². The molecule has 0 radical (unpaired) electrons. The summed E-state index contributed by atoms with van der Waals surface area (Å²) in [6.07, 6.45) is 0. The van der Waals surface area contributed by atoms with E-state index in [0.717, 1.165) is 11.0 Å². The molecule has 12 heavy (non-hydrogen) atoms. The minimum absolute atomic E-state index is 0. The average Bonchev–Trinajstić information content (AvgIpc) is 2.27. The number of nitrogens with zero attached hydrogens (tertiary/aromatic N) is 1. The van der Waals surface area contributed by atoms with Crippen molar-refractivity contribution in [2.75, 3.05) is 0 Å². The summed E-state index contributed by atoms with van der Waals surface area (Å²) in [6, 6.07) is 5.99. The molecule has 0 aliphatic heterocycles. The highest BCUT2D eigenvalue weighted by Gasteiger charge is 1.98. The van der Waals surface area contributed by atoms with Crippen LogP contribution in [0, 0.1) is 6.92 Å². The summed E-state index contributed by atoms with van der Waals surface area (Å²) >= 11 is 5.67. The van der Waals surface area contributed by atoms with Gasteiger partial charge in [-0.15, -0.1) is 12.4 Å². The van der Waals surface area contributed by atoms with Crippen LogP contribution >= 0.6 is 24.0 Å². The van der Waals surface area contributed by atoms with Gasteiger partial charge < -0.3 is 4.98 Å². The van der Waals surface area contributed by atoms with Crippen LogP contribution in [0.2, 0.25) is 5.28 Å². The molecule has 1 aromatic carbocycles. The zero-order valence-electron chi connectivity index (χ0n) is 6.47. The molecule has 0 saturated carbocycles. The lowest BCUT2D eigenvalue weighted by Crippen LogP contribution is -1.71. The number of hydrogen-bond acceptors (Lipinski definition) is 1. The van der Waals surface area contributed by atoms with Crippen molar-refractivity contribution >= 4 is 35.0 Å². The van der Waals surface area contributed by atoms with E-state index in [4.69, 9.17) is 11.6 Å². The van der Waals surface area contributed by atoms with Crippen molar-refractivity contribution in [2.24, 2.45) is 0 Å². The zero-order chi connectivity index (χ0) is 7.84. The molecule has 1 N–H and O–H groups in total. The van der Waals surface area contributed by atoms with E-state index in [9.17, 15) is 0 Å². The Morgan fingerprint density at radius 2 is 2.17 bits per heavy atom. The van der Waals surface area contributed by atoms with E-state index in [2.05, 4.69) is 9.97 Å². The first-order valence-corrected chi connectivity index (χ1v) is 3.75. The number of benzene rings is 1. The summed E-state index contributed by atoms with van der Waals surface area (Å²) in [5.41, 5.74) is 3.12. The lowest BCUT2D eigenvalue weighted by atomic mass is 10.2. The fourth-order valence-electron chi connectivity index (χ4n) is 1.09. The summed E-state index contributed by atoms with van der Waals surface area (Å²) in [7, 11) is 0. The molecule has 2 rings (SSSR count). The van der Waals surface area contributed by atoms with Crippen LogP contribution in [0.25, 0.3) is 11.0 Å². The second-order valence-corrected chi connectivity index (χ2v) is 2.91. The van der Waals surface area contributed by atoms with Crippen LogP contribution in [0.3, 0.4) is 0 Å². The van der Waals surface area contributed by atoms with Gasteiger partial charge in [0, 0.05) is 0 Å². The molecule has 0 bridgehead atoms. The summed E-state index contributed by atoms with van der Waals surface area (Å²) in [4.78, 5) is 7.02. The van der Waals surface area contributed by atoms with Crippen LogP contribution in [0.4, 0.5) is 0 Å². The van der Waals surface area contributed by atoms with Gasteiger partial charge in [-0.25, -0.2) is 4.98 Å². The van der Waals surface area contributed by atoms with Crippen LogP contribution in [0.5, 0.6) is 0 Å². The van der Waals surface area contributed by atoms with Gasteiger partial charge in [-0.05, 0) is 36.2 Å². The Kier molecular flexibility index (Phi) is 2.60. The number of aromatic amines is 1. The molecule has 0 fully saturated rings. The molecular formula is C8H8Cl2N2. The molecule has 0 aliphatic rings.